The van der Waals surface area contributed by atoms with Gasteiger partial charge in [0.15, 0.2) is 0 Å². The second-order valence-electron chi connectivity index (χ2n) is 4.01. The molecule has 0 aromatic carbocycles. The van der Waals surface area contributed by atoms with Gasteiger partial charge in [-0.1, -0.05) is 6.92 Å². The predicted molar refractivity (Wildman–Crippen MR) is 57.6 cm³/mol. The lowest BCUT2D eigenvalue weighted by Crippen LogP contribution is -2.34. The van der Waals surface area contributed by atoms with Gasteiger partial charge in [-0.3, -0.25) is 14.4 Å². The highest BCUT2D eigenvalue weighted by molar-refractivity contribution is 6.01. The molecule has 100 valence electrons. The Bertz CT molecular complexity index is 362. The third-order valence-electron chi connectivity index (χ3n) is 2.60. The van der Waals surface area contributed by atoms with Crippen LogP contribution < -0.4 is 0 Å². The molecule has 1 fully saturated rings. The molecular formula is C11H15NO6. The predicted octanol–water partition coefficient (Wildman–Crippen LogP) is 0.183. The van der Waals surface area contributed by atoms with Crippen LogP contribution in [-0.2, 0) is 28.8 Å². The van der Waals surface area contributed by atoms with E-state index in [0.29, 0.717) is 5.06 Å². The Labute approximate surface area is 104 Å². The number of nitrogens with zero attached hydrogens (tertiary/aromatic N) is 1. The van der Waals surface area contributed by atoms with Crippen LogP contribution in [-0.4, -0.2) is 35.9 Å². The standard InChI is InChI=1S/C11H15NO6/c1-7(3-6-10(15)17-2)11(16)18-12-8(13)4-5-9(12)14/h7H,3-6H2,1-2H3/t7-/m0/s1. The van der Waals surface area contributed by atoms with Crippen molar-refractivity contribution in [2.24, 2.45) is 5.92 Å². The molecule has 2 amide bonds. The zero-order chi connectivity index (χ0) is 13.7. The van der Waals surface area contributed by atoms with E-state index in [1.54, 1.807) is 6.92 Å². The van der Waals surface area contributed by atoms with Crippen LogP contribution in [0.3, 0.4) is 0 Å². The Kier molecular flexibility index (Phi) is 4.82. The van der Waals surface area contributed by atoms with E-state index in [1.807, 2.05) is 0 Å². The molecule has 1 aliphatic rings. The first-order valence-electron chi connectivity index (χ1n) is 5.60. The Morgan fingerprint density at radius 3 is 2.33 bits per heavy atom. The number of ether oxygens (including phenoxy) is 1. The maximum atomic E-state index is 11.6. The summed E-state index contributed by atoms with van der Waals surface area (Å²) in [5.74, 6) is -2.77. The van der Waals surface area contributed by atoms with Crippen LogP contribution >= 0.6 is 0 Å². The summed E-state index contributed by atoms with van der Waals surface area (Å²) in [6, 6.07) is 0. The van der Waals surface area contributed by atoms with Crippen molar-refractivity contribution in [3.05, 3.63) is 0 Å². The molecule has 7 heteroatoms. The molecular weight excluding hydrogens is 242 g/mol. The largest absolute Gasteiger partial charge is 0.469 e. The second-order valence-corrected chi connectivity index (χ2v) is 4.01. The molecule has 0 N–H and O–H groups in total. The Morgan fingerprint density at radius 1 is 1.28 bits per heavy atom. The summed E-state index contributed by atoms with van der Waals surface area (Å²) in [6.45, 7) is 1.55. The third-order valence-corrected chi connectivity index (χ3v) is 2.60. The zero-order valence-corrected chi connectivity index (χ0v) is 10.3. The summed E-state index contributed by atoms with van der Waals surface area (Å²) in [7, 11) is 1.26. The fourth-order valence-electron chi connectivity index (χ4n) is 1.39. The molecule has 0 aliphatic carbocycles. The molecule has 18 heavy (non-hydrogen) atoms. The Hall–Kier alpha value is -1.92. The number of imide groups is 1. The van der Waals surface area contributed by atoms with Crippen LogP contribution in [0, 0.1) is 5.92 Å². The van der Waals surface area contributed by atoms with Crippen LogP contribution in [0.4, 0.5) is 0 Å². The summed E-state index contributed by atoms with van der Waals surface area (Å²) in [5.41, 5.74) is 0. The quantitative estimate of drug-likeness (QED) is 0.515. The second kappa shape index (κ2) is 6.13. The molecule has 0 aromatic rings. The average molecular weight is 257 g/mol. The van der Waals surface area contributed by atoms with Gasteiger partial charge >= 0.3 is 11.9 Å². The number of amides is 2. The Morgan fingerprint density at radius 2 is 1.83 bits per heavy atom. The first-order valence-corrected chi connectivity index (χ1v) is 5.60. The van der Waals surface area contributed by atoms with Crippen molar-refractivity contribution in [2.75, 3.05) is 7.11 Å². The third kappa shape index (κ3) is 3.54. The fourth-order valence-corrected chi connectivity index (χ4v) is 1.39. The topological polar surface area (TPSA) is 90.0 Å². The highest BCUT2D eigenvalue weighted by Crippen LogP contribution is 2.15. The van der Waals surface area contributed by atoms with Gasteiger partial charge in [-0.2, -0.15) is 0 Å². The normalized spacial score (nSPS) is 16.7. The highest BCUT2D eigenvalue weighted by atomic mass is 16.7. The van der Waals surface area contributed by atoms with Crippen molar-refractivity contribution in [2.45, 2.75) is 32.6 Å². The first-order chi connectivity index (χ1) is 8.45. The fraction of sp³-hybridized carbons (Fsp3) is 0.636. The molecule has 1 atom stereocenters. The van der Waals surface area contributed by atoms with E-state index in [2.05, 4.69) is 4.74 Å². The first kappa shape index (κ1) is 14.1. The van der Waals surface area contributed by atoms with E-state index >= 15 is 0 Å². The average Bonchev–Trinajstić information content (AvgIpc) is 2.66. The van der Waals surface area contributed by atoms with Crippen LogP contribution in [0.25, 0.3) is 0 Å². The van der Waals surface area contributed by atoms with Gasteiger partial charge in [0.1, 0.15) is 0 Å². The van der Waals surface area contributed by atoms with Gasteiger partial charge in [0, 0.05) is 19.3 Å². The lowest BCUT2D eigenvalue weighted by Gasteiger charge is -2.15. The number of carbonyl (C=O) groups is 4. The minimum Gasteiger partial charge on any atom is -0.469 e. The van der Waals surface area contributed by atoms with E-state index in [9.17, 15) is 19.2 Å². The van der Waals surface area contributed by atoms with Crippen molar-refractivity contribution in [3.8, 4) is 0 Å². The summed E-state index contributed by atoms with van der Waals surface area (Å²) in [5, 5.41) is 0.497. The lowest BCUT2D eigenvalue weighted by molar-refractivity contribution is -0.200. The number of hydrogen-bond donors (Lipinski definition) is 0. The van der Waals surface area contributed by atoms with Gasteiger partial charge in [0.2, 0.25) is 0 Å². The molecule has 0 saturated carbocycles. The van der Waals surface area contributed by atoms with E-state index in [-0.39, 0.29) is 25.7 Å². The van der Waals surface area contributed by atoms with Gasteiger partial charge in [-0.25, -0.2) is 4.79 Å². The van der Waals surface area contributed by atoms with Crippen molar-refractivity contribution in [3.63, 3.8) is 0 Å². The molecule has 1 heterocycles. The number of carbonyl (C=O) groups excluding carboxylic acids is 4. The minimum atomic E-state index is -0.706. The smallest absolute Gasteiger partial charge is 0.335 e. The van der Waals surface area contributed by atoms with E-state index < -0.39 is 29.7 Å². The van der Waals surface area contributed by atoms with Crippen LogP contribution in [0.15, 0.2) is 0 Å². The number of methoxy groups -OCH3 is 1. The summed E-state index contributed by atoms with van der Waals surface area (Å²) >= 11 is 0. The van der Waals surface area contributed by atoms with Crippen molar-refractivity contribution in [1.82, 2.24) is 5.06 Å². The number of rotatable bonds is 5. The summed E-state index contributed by atoms with van der Waals surface area (Å²) < 4.78 is 4.44. The van der Waals surface area contributed by atoms with Gasteiger partial charge < -0.3 is 9.57 Å². The molecule has 1 saturated heterocycles. The number of hydrogen-bond acceptors (Lipinski definition) is 6. The highest BCUT2D eigenvalue weighted by Gasteiger charge is 2.33. The van der Waals surface area contributed by atoms with Crippen LogP contribution in [0.1, 0.15) is 32.6 Å². The SMILES string of the molecule is COC(=O)CC[C@H](C)C(=O)ON1C(=O)CCC1=O. The lowest BCUT2D eigenvalue weighted by atomic mass is 10.1. The van der Waals surface area contributed by atoms with Crippen molar-refractivity contribution >= 4 is 23.8 Å². The van der Waals surface area contributed by atoms with Crippen LogP contribution in [0.2, 0.25) is 0 Å². The van der Waals surface area contributed by atoms with Crippen molar-refractivity contribution < 1.29 is 28.8 Å². The van der Waals surface area contributed by atoms with Crippen molar-refractivity contribution in [1.29, 1.82) is 0 Å². The summed E-state index contributed by atoms with van der Waals surface area (Å²) in [4.78, 5) is 49.6. The maximum Gasteiger partial charge on any atom is 0.335 e. The molecule has 0 aromatic heterocycles. The zero-order valence-electron chi connectivity index (χ0n) is 10.3. The number of esters is 1. The van der Waals surface area contributed by atoms with Gasteiger partial charge in [-0.15, -0.1) is 5.06 Å². The molecule has 0 radical (unpaired) electrons. The van der Waals surface area contributed by atoms with E-state index in [0.717, 1.165) is 0 Å². The molecule has 0 spiro atoms. The van der Waals surface area contributed by atoms with E-state index in [1.165, 1.54) is 7.11 Å². The molecule has 0 bridgehead atoms. The number of hydroxylamine groups is 2. The van der Waals surface area contributed by atoms with Gasteiger partial charge in [-0.05, 0) is 6.42 Å². The van der Waals surface area contributed by atoms with Crippen LogP contribution in [0.5, 0.6) is 0 Å². The molecule has 1 rings (SSSR count). The molecule has 7 nitrogen and oxygen atoms in total. The van der Waals surface area contributed by atoms with Gasteiger partial charge in [0.05, 0.1) is 13.0 Å². The minimum absolute atomic E-state index is 0.0582. The maximum absolute atomic E-state index is 11.6. The Balaban J connectivity index is 2.42. The monoisotopic (exact) mass is 257 g/mol. The summed E-state index contributed by atoms with van der Waals surface area (Å²) in [6.07, 6.45) is 0.432. The molecule has 1 aliphatic heterocycles. The van der Waals surface area contributed by atoms with Gasteiger partial charge in [0.25, 0.3) is 11.8 Å². The molecule has 0 unspecified atom stereocenters. The van der Waals surface area contributed by atoms with E-state index in [4.69, 9.17) is 4.84 Å².